The van der Waals surface area contributed by atoms with E-state index in [-0.39, 0.29) is 5.78 Å². The zero-order valence-electron chi connectivity index (χ0n) is 21.2. The van der Waals surface area contributed by atoms with Crippen LogP contribution in [-0.4, -0.2) is 70.0 Å². The number of nitrogens with zero attached hydrogens (tertiary/aromatic N) is 3. The Kier molecular flexibility index (Phi) is 8.01. The molecule has 0 saturated carbocycles. The minimum Gasteiger partial charge on any atom is -0.497 e. The molecule has 1 fully saturated rings. The number of piperazine rings is 1. The van der Waals surface area contributed by atoms with Gasteiger partial charge in [-0.25, -0.2) is 0 Å². The molecule has 35 heavy (non-hydrogen) atoms. The zero-order chi connectivity index (χ0) is 24.8. The zero-order valence-corrected chi connectivity index (χ0v) is 21.2. The predicted molar refractivity (Wildman–Crippen MR) is 145 cm³/mol. The number of ether oxygens (including phenoxy) is 1. The maximum absolute atomic E-state index is 13.4. The summed E-state index contributed by atoms with van der Waals surface area (Å²) < 4.78 is 5.40. The summed E-state index contributed by atoms with van der Waals surface area (Å²) in [6.07, 6.45) is 3.62. The molecule has 1 heterocycles. The lowest BCUT2D eigenvalue weighted by molar-refractivity contribution is 0.104. The first kappa shape index (κ1) is 24.7. The second-order valence-electron chi connectivity index (χ2n) is 9.43. The van der Waals surface area contributed by atoms with Gasteiger partial charge in [-0.3, -0.25) is 4.79 Å². The van der Waals surface area contributed by atoms with Crippen LogP contribution in [0.2, 0.25) is 0 Å². The molecule has 0 radical (unpaired) electrons. The summed E-state index contributed by atoms with van der Waals surface area (Å²) >= 11 is 0. The van der Waals surface area contributed by atoms with Crippen molar-refractivity contribution in [3.63, 3.8) is 0 Å². The van der Waals surface area contributed by atoms with Crippen LogP contribution in [0, 0.1) is 0 Å². The number of rotatable bonds is 8. The van der Waals surface area contributed by atoms with E-state index < -0.39 is 0 Å². The van der Waals surface area contributed by atoms with Crippen molar-refractivity contribution < 1.29 is 9.53 Å². The Bertz CT molecular complexity index is 1180. The third kappa shape index (κ3) is 6.38. The van der Waals surface area contributed by atoms with Crippen LogP contribution in [0.1, 0.15) is 21.5 Å². The number of carbonyl (C=O) groups excluding carboxylic acids is 1. The fourth-order valence-corrected chi connectivity index (χ4v) is 4.41. The van der Waals surface area contributed by atoms with Gasteiger partial charge < -0.3 is 19.4 Å². The fourth-order valence-electron chi connectivity index (χ4n) is 4.41. The average molecular weight is 470 g/mol. The van der Waals surface area contributed by atoms with Gasteiger partial charge in [0.2, 0.25) is 0 Å². The molecule has 0 aromatic heterocycles. The van der Waals surface area contributed by atoms with Crippen LogP contribution in [0.25, 0.3) is 17.2 Å². The van der Waals surface area contributed by atoms with Crippen LogP contribution in [0.3, 0.4) is 0 Å². The van der Waals surface area contributed by atoms with E-state index in [1.54, 1.807) is 13.2 Å². The molecular weight excluding hydrogens is 434 g/mol. The lowest BCUT2D eigenvalue weighted by atomic mass is 9.98. The highest BCUT2D eigenvalue weighted by molar-refractivity contribution is 6.08. The highest BCUT2D eigenvalue weighted by atomic mass is 16.5. The molecule has 1 aliphatic heterocycles. The molecule has 0 N–H and O–H groups in total. The van der Waals surface area contributed by atoms with Crippen molar-refractivity contribution in [2.24, 2.45) is 0 Å². The first-order chi connectivity index (χ1) is 16.9. The van der Waals surface area contributed by atoms with Crippen LogP contribution in [0.4, 0.5) is 5.69 Å². The van der Waals surface area contributed by atoms with Crippen LogP contribution >= 0.6 is 0 Å². The number of allylic oxidation sites excluding steroid dienone is 1. The molecule has 0 aliphatic carbocycles. The second-order valence-corrected chi connectivity index (χ2v) is 9.43. The standard InChI is InChI=1S/C30H35N3O2/c1-31(2)22-27-21-29(35-4)12-10-24(27)11-13-30(34)26-18-25(23-8-6-5-7-9-23)19-28(20-26)33-16-14-32(3)15-17-33/h5-13,18-21H,14-17,22H2,1-4H3/b13-11+. The van der Waals surface area contributed by atoms with Gasteiger partial charge in [0.05, 0.1) is 7.11 Å². The van der Waals surface area contributed by atoms with Gasteiger partial charge in [0.25, 0.3) is 0 Å². The number of ketones is 1. The maximum Gasteiger partial charge on any atom is 0.185 e. The van der Waals surface area contributed by atoms with Gasteiger partial charge in [0.1, 0.15) is 5.75 Å². The molecule has 1 aliphatic rings. The van der Waals surface area contributed by atoms with Gasteiger partial charge in [-0.2, -0.15) is 0 Å². The summed E-state index contributed by atoms with van der Waals surface area (Å²) in [6, 6.07) is 22.5. The molecule has 3 aromatic rings. The van der Waals surface area contributed by atoms with Crippen LogP contribution in [-0.2, 0) is 6.54 Å². The molecular formula is C30H35N3O2. The lowest BCUT2D eigenvalue weighted by Gasteiger charge is -2.34. The Hall–Kier alpha value is -3.41. The number of anilines is 1. The molecule has 5 nitrogen and oxygen atoms in total. The largest absolute Gasteiger partial charge is 0.497 e. The van der Waals surface area contributed by atoms with Crippen molar-refractivity contribution >= 4 is 17.5 Å². The molecule has 0 atom stereocenters. The van der Waals surface area contributed by atoms with E-state index in [2.05, 4.69) is 39.9 Å². The van der Waals surface area contributed by atoms with E-state index >= 15 is 0 Å². The molecule has 0 spiro atoms. The van der Waals surface area contributed by atoms with Crippen molar-refractivity contribution in [1.82, 2.24) is 9.80 Å². The van der Waals surface area contributed by atoms with Crippen molar-refractivity contribution in [1.29, 1.82) is 0 Å². The molecule has 1 saturated heterocycles. The van der Waals surface area contributed by atoms with Crippen molar-refractivity contribution in [2.45, 2.75) is 6.54 Å². The monoisotopic (exact) mass is 469 g/mol. The van der Waals surface area contributed by atoms with Gasteiger partial charge >= 0.3 is 0 Å². The molecule has 0 unspecified atom stereocenters. The summed E-state index contributed by atoms with van der Waals surface area (Å²) in [5.74, 6) is 0.822. The number of hydrogen-bond donors (Lipinski definition) is 0. The number of carbonyl (C=O) groups is 1. The van der Waals surface area contributed by atoms with Crippen molar-refractivity contribution in [2.75, 3.05) is 59.3 Å². The third-order valence-corrected chi connectivity index (χ3v) is 6.43. The number of hydrogen-bond acceptors (Lipinski definition) is 5. The quantitative estimate of drug-likeness (QED) is 0.340. The Morgan fingerprint density at radius 2 is 1.69 bits per heavy atom. The number of benzene rings is 3. The molecule has 0 bridgehead atoms. The van der Waals surface area contributed by atoms with Crippen molar-refractivity contribution in [3.8, 4) is 16.9 Å². The summed E-state index contributed by atoms with van der Waals surface area (Å²) in [4.78, 5) is 20.2. The van der Waals surface area contributed by atoms with Gasteiger partial charge in [-0.05, 0) is 79.8 Å². The molecule has 0 amide bonds. The topological polar surface area (TPSA) is 36.0 Å². The Morgan fingerprint density at radius 1 is 0.943 bits per heavy atom. The molecule has 182 valence electrons. The van der Waals surface area contributed by atoms with Crippen LogP contribution in [0.5, 0.6) is 5.75 Å². The maximum atomic E-state index is 13.4. The molecule has 4 rings (SSSR count). The smallest absolute Gasteiger partial charge is 0.185 e. The first-order valence-electron chi connectivity index (χ1n) is 12.1. The fraction of sp³-hybridized carbons (Fsp3) is 0.300. The Morgan fingerprint density at radius 3 is 2.37 bits per heavy atom. The first-order valence-corrected chi connectivity index (χ1v) is 12.1. The minimum atomic E-state index is 0.00443. The predicted octanol–water partition coefficient (Wildman–Crippen LogP) is 5.07. The summed E-state index contributed by atoms with van der Waals surface area (Å²) in [6.45, 7) is 4.72. The van der Waals surface area contributed by atoms with Crippen LogP contribution in [0.15, 0.2) is 72.8 Å². The third-order valence-electron chi connectivity index (χ3n) is 6.43. The van der Waals surface area contributed by atoms with E-state index in [4.69, 9.17) is 4.74 Å². The number of likely N-dealkylation sites (N-methyl/N-ethyl adjacent to an activating group) is 1. The van der Waals surface area contributed by atoms with Gasteiger partial charge in [-0.1, -0.05) is 42.5 Å². The van der Waals surface area contributed by atoms with Crippen molar-refractivity contribution in [3.05, 3.63) is 89.5 Å². The Balaban J connectivity index is 1.66. The molecule has 3 aromatic carbocycles. The second kappa shape index (κ2) is 11.3. The van der Waals surface area contributed by atoms with Gasteiger partial charge in [-0.15, -0.1) is 0 Å². The average Bonchev–Trinajstić information content (AvgIpc) is 2.88. The molecule has 5 heteroatoms. The van der Waals surface area contributed by atoms with E-state index in [0.29, 0.717) is 5.56 Å². The van der Waals surface area contributed by atoms with E-state index in [9.17, 15) is 4.79 Å². The normalized spacial score (nSPS) is 14.6. The summed E-state index contributed by atoms with van der Waals surface area (Å²) in [5.41, 5.74) is 6.13. The highest BCUT2D eigenvalue weighted by Gasteiger charge is 2.17. The Labute approximate surface area is 209 Å². The SMILES string of the molecule is COc1ccc(/C=C/C(=O)c2cc(-c3ccccc3)cc(N3CCN(C)CC3)c2)c(CN(C)C)c1. The lowest BCUT2D eigenvalue weighted by Crippen LogP contribution is -2.44. The summed E-state index contributed by atoms with van der Waals surface area (Å²) in [7, 11) is 7.90. The van der Waals surface area contributed by atoms with Gasteiger partial charge in [0, 0.05) is 44.0 Å². The van der Waals surface area contributed by atoms with E-state index in [1.165, 1.54) is 0 Å². The van der Waals surface area contributed by atoms with Crippen LogP contribution < -0.4 is 9.64 Å². The number of methoxy groups -OCH3 is 1. The summed E-state index contributed by atoms with van der Waals surface area (Å²) in [5, 5.41) is 0. The minimum absolute atomic E-state index is 0.00443. The van der Waals surface area contributed by atoms with Gasteiger partial charge in [0.15, 0.2) is 5.78 Å². The van der Waals surface area contributed by atoms with E-state index in [0.717, 1.165) is 66.4 Å². The highest BCUT2D eigenvalue weighted by Crippen LogP contribution is 2.28. The van der Waals surface area contributed by atoms with E-state index in [1.807, 2.05) is 68.7 Å².